The molecule has 0 saturated heterocycles. The number of hydrogen-bond acceptors (Lipinski definition) is 2. The molecular formula is C13H26N2. The van der Waals surface area contributed by atoms with Crippen molar-refractivity contribution in [3.8, 4) is 0 Å². The number of nitrogens with zero attached hydrogens (tertiary/aromatic N) is 1. The number of hydrogen-bond donors (Lipinski definition) is 1. The van der Waals surface area contributed by atoms with Crippen LogP contribution in [0.2, 0.25) is 0 Å². The van der Waals surface area contributed by atoms with Crippen molar-refractivity contribution in [1.29, 1.82) is 0 Å². The highest BCUT2D eigenvalue weighted by atomic mass is 15.2. The smallest absolute Gasteiger partial charge is 0.0359 e. The van der Waals surface area contributed by atoms with Crippen molar-refractivity contribution in [2.75, 3.05) is 14.1 Å². The second-order valence-electron chi connectivity index (χ2n) is 6.06. The Hall–Kier alpha value is -0.0800. The summed E-state index contributed by atoms with van der Waals surface area (Å²) in [5.74, 6) is 1.67. The van der Waals surface area contributed by atoms with E-state index in [0.29, 0.717) is 11.6 Å². The number of likely N-dealkylation sites (N-methyl/N-ethyl adjacent to an activating group) is 1. The lowest BCUT2D eigenvalue weighted by Crippen LogP contribution is -2.60. The molecule has 2 aliphatic carbocycles. The van der Waals surface area contributed by atoms with Gasteiger partial charge >= 0.3 is 0 Å². The SMILES string of the molecule is CC1CCCC(C(N)C2CC2)(N(C)C)C1. The molecule has 0 aromatic heterocycles. The molecule has 2 saturated carbocycles. The molecule has 88 valence electrons. The first-order chi connectivity index (χ1) is 7.06. The summed E-state index contributed by atoms with van der Waals surface area (Å²) in [6, 6.07) is 0.412. The summed E-state index contributed by atoms with van der Waals surface area (Å²) >= 11 is 0. The Morgan fingerprint density at radius 3 is 2.40 bits per heavy atom. The summed E-state index contributed by atoms with van der Waals surface area (Å²) in [6.45, 7) is 2.39. The van der Waals surface area contributed by atoms with Crippen LogP contribution in [0.15, 0.2) is 0 Å². The molecule has 2 fully saturated rings. The van der Waals surface area contributed by atoms with Gasteiger partial charge in [0.25, 0.3) is 0 Å². The van der Waals surface area contributed by atoms with Crippen LogP contribution in [0.5, 0.6) is 0 Å². The molecule has 2 nitrogen and oxygen atoms in total. The molecular weight excluding hydrogens is 184 g/mol. The molecule has 0 heterocycles. The fourth-order valence-electron chi connectivity index (χ4n) is 3.47. The summed E-state index contributed by atoms with van der Waals surface area (Å²) in [5, 5.41) is 0. The fraction of sp³-hybridized carbons (Fsp3) is 1.00. The van der Waals surface area contributed by atoms with Gasteiger partial charge in [0.1, 0.15) is 0 Å². The lowest BCUT2D eigenvalue weighted by Gasteiger charge is -2.49. The third-order valence-corrected chi connectivity index (χ3v) is 4.65. The van der Waals surface area contributed by atoms with Gasteiger partial charge in [-0.05, 0) is 51.6 Å². The van der Waals surface area contributed by atoms with Gasteiger partial charge in [-0.25, -0.2) is 0 Å². The summed E-state index contributed by atoms with van der Waals surface area (Å²) in [7, 11) is 4.44. The second kappa shape index (κ2) is 4.06. The minimum absolute atomic E-state index is 0.304. The standard InChI is InChI=1S/C13H26N2/c1-10-5-4-8-13(9-10,15(2)3)12(14)11-6-7-11/h10-12H,4-9,14H2,1-3H3. The van der Waals surface area contributed by atoms with E-state index in [0.717, 1.165) is 11.8 Å². The van der Waals surface area contributed by atoms with Crippen LogP contribution in [-0.2, 0) is 0 Å². The van der Waals surface area contributed by atoms with E-state index in [1.165, 1.54) is 38.5 Å². The Morgan fingerprint density at radius 1 is 1.27 bits per heavy atom. The molecule has 2 aliphatic rings. The third kappa shape index (κ3) is 2.07. The Morgan fingerprint density at radius 2 is 1.93 bits per heavy atom. The Kier molecular flexibility index (Phi) is 3.09. The highest BCUT2D eigenvalue weighted by Gasteiger charge is 2.47. The van der Waals surface area contributed by atoms with E-state index in [2.05, 4.69) is 25.9 Å². The normalized spacial score (nSPS) is 39.4. The van der Waals surface area contributed by atoms with Gasteiger partial charge in [-0.2, -0.15) is 0 Å². The molecule has 0 radical (unpaired) electrons. The Balaban J connectivity index is 2.14. The second-order valence-corrected chi connectivity index (χ2v) is 6.06. The van der Waals surface area contributed by atoms with Crippen molar-refractivity contribution in [2.45, 2.75) is 57.0 Å². The van der Waals surface area contributed by atoms with Crippen LogP contribution in [-0.4, -0.2) is 30.6 Å². The summed E-state index contributed by atoms with van der Waals surface area (Å²) < 4.78 is 0. The zero-order valence-corrected chi connectivity index (χ0v) is 10.5. The van der Waals surface area contributed by atoms with Crippen LogP contribution in [0, 0.1) is 11.8 Å². The summed E-state index contributed by atoms with van der Waals surface area (Å²) in [5.41, 5.74) is 6.81. The minimum atomic E-state index is 0.304. The molecule has 0 amide bonds. The first-order valence-electron chi connectivity index (χ1n) is 6.49. The Bertz CT molecular complexity index is 223. The zero-order valence-electron chi connectivity index (χ0n) is 10.5. The van der Waals surface area contributed by atoms with E-state index < -0.39 is 0 Å². The maximum absolute atomic E-state index is 6.51. The van der Waals surface area contributed by atoms with Gasteiger partial charge < -0.3 is 10.6 Å². The van der Waals surface area contributed by atoms with E-state index in [9.17, 15) is 0 Å². The Labute approximate surface area is 94.2 Å². The molecule has 2 rings (SSSR count). The maximum Gasteiger partial charge on any atom is 0.0359 e. The van der Waals surface area contributed by atoms with Gasteiger partial charge in [0.2, 0.25) is 0 Å². The van der Waals surface area contributed by atoms with Crippen LogP contribution in [0.1, 0.15) is 45.4 Å². The molecule has 0 aliphatic heterocycles. The first-order valence-corrected chi connectivity index (χ1v) is 6.49. The summed E-state index contributed by atoms with van der Waals surface area (Å²) in [4.78, 5) is 2.42. The van der Waals surface area contributed by atoms with Crippen LogP contribution in [0.3, 0.4) is 0 Å². The molecule has 0 spiro atoms. The van der Waals surface area contributed by atoms with Gasteiger partial charge in [-0.3, -0.25) is 0 Å². The maximum atomic E-state index is 6.51. The first kappa shape index (κ1) is 11.4. The van der Waals surface area contributed by atoms with E-state index in [4.69, 9.17) is 5.73 Å². The molecule has 15 heavy (non-hydrogen) atoms. The number of rotatable bonds is 3. The van der Waals surface area contributed by atoms with Crippen molar-refractivity contribution in [3.05, 3.63) is 0 Å². The fourth-order valence-corrected chi connectivity index (χ4v) is 3.47. The zero-order chi connectivity index (χ0) is 11.1. The van der Waals surface area contributed by atoms with Gasteiger partial charge in [0.05, 0.1) is 0 Å². The number of nitrogens with two attached hydrogens (primary N) is 1. The van der Waals surface area contributed by atoms with E-state index >= 15 is 0 Å². The molecule has 0 aromatic carbocycles. The van der Waals surface area contributed by atoms with Crippen molar-refractivity contribution in [3.63, 3.8) is 0 Å². The predicted octanol–water partition coefficient (Wildman–Crippen LogP) is 2.23. The highest BCUT2D eigenvalue weighted by molar-refractivity contribution is 5.05. The largest absolute Gasteiger partial charge is 0.326 e. The third-order valence-electron chi connectivity index (χ3n) is 4.65. The summed E-state index contributed by atoms with van der Waals surface area (Å²) in [6.07, 6.45) is 8.10. The molecule has 0 bridgehead atoms. The average Bonchev–Trinajstić information content (AvgIpc) is 2.99. The van der Waals surface area contributed by atoms with Crippen molar-refractivity contribution >= 4 is 0 Å². The van der Waals surface area contributed by atoms with Crippen molar-refractivity contribution in [1.82, 2.24) is 4.90 Å². The molecule has 3 unspecified atom stereocenters. The lowest BCUT2D eigenvalue weighted by molar-refractivity contribution is 0.0434. The van der Waals surface area contributed by atoms with Crippen LogP contribution < -0.4 is 5.73 Å². The monoisotopic (exact) mass is 210 g/mol. The van der Waals surface area contributed by atoms with Gasteiger partial charge in [0, 0.05) is 11.6 Å². The van der Waals surface area contributed by atoms with Gasteiger partial charge in [-0.15, -0.1) is 0 Å². The molecule has 2 heteroatoms. The van der Waals surface area contributed by atoms with Crippen LogP contribution in [0.25, 0.3) is 0 Å². The van der Waals surface area contributed by atoms with Gasteiger partial charge in [0.15, 0.2) is 0 Å². The molecule has 3 atom stereocenters. The van der Waals surface area contributed by atoms with E-state index in [-0.39, 0.29) is 0 Å². The van der Waals surface area contributed by atoms with Gasteiger partial charge in [-0.1, -0.05) is 19.8 Å². The topological polar surface area (TPSA) is 29.3 Å². The predicted molar refractivity (Wildman–Crippen MR) is 64.7 cm³/mol. The molecule has 0 aromatic rings. The lowest BCUT2D eigenvalue weighted by atomic mass is 9.70. The average molecular weight is 210 g/mol. The van der Waals surface area contributed by atoms with Crippen LogP contribution >= 0.6 is 0 Å². The van der Waals surface area contributed by atoms with Crippen molar-refractivity contribution in [2.24, 2.45) is 17.6 Å². The van der Waals surface area contributed by atoms with Crippen molar-refractivity contribution < 1.29 is 0 Å². The quantitative estimate of drug-likeness (QED) is 0.774. The minimum Gasteiger partial charge on any atom is -0.326 e. The van der Waals surface area contributed by atoms with E-state index in [1.807, 2.05) is 0 Å². The highest BCUT2D eigenvalue weighted by Crippen LogP contribution is 2.45. The molecule has 2 N–H and O–H groups in total. The van der Waals surface area contributed by atoms with Crippen LogP contribution in [0.4, 0.5) is 0 Å². The van der Waals surface area contributed by atoms with E-state index in [1.54, 1.807) is 0 Å².